The molecule has 0 aromatic carbocycles. The van der Waals surface area contributed by atoms with Crippen molar-refractivity contribution in [2.45, 2.75) is 37.4 Å². The summed E-state index contributed by atoms with van der Waals surface area (Å²) in [6.45, 7) is 1.26. The molecule has 112 valence electrons. The molecule has 0 amide bonds. The van der Waals surface area contributed by atoms with E-state index in [4.69, 9.17) is 0 Å². The van der Waals surface area contributed by atoms with Gasteiger partial charge in [-0.15, -0.1) is 0 Å². The minimum atomic E-state index is -4.10. The number of likely N-dealkylation sites (N-methyl/N-ethyl adjacent to an activating group) is 1. The van der Waals surface area contributed by atoms with Gasteiger partial charge in [-0.05, 0) is 45.2 Å². The monoisotopic (exact) mass is 280 g/mol. The number of halogens is 3. The first-order valence-corrected chi connectivity index (χ1v) is 7.00. The Morgan fingerprint density at radius 1 is 1.21 bits per heavy atom. The predicted molar refractivity (Wildman–Crippen MR) is 66.8 cm³/mol. The maximum atomic E-state index is 12.8. The van der Waals surface area contributed by atoms with Crippen LogP contribution in [0.15, 0.2) is 0 Å². The molecular weight excluding hydrogens is 257 g/mol. The van der Waals surface area contributed by atoms with Gasteiger partial charge in [0.15, 0.2) is 0 Å². The zero-order valence-electron chi connectivity index (χ0n) is 11.3. The molecule has 1 saturated heterocycles. The number of aliphatic hydroxyl groups is 1. The highest BCUT2D eigenvalue weighted by atomic mass is 19.4. The molecule has 2 atom stereocenters. The van der Waals surface area contributed by atoms with Crippen molar-refractivity contribution in [3.8, 4) is 0 Å². The van der Waals surface area contributed by atoms with Crippen molar-refractivity contribution in [1.29, 1.82) is 0 Å². The van der Waals surface area contributed by atoms with E-state index in [0.29, 0.717) is 25.4 Å². The van der Waals surface area contributed by atoms with Gasteiger partial charge in [0.05, 0.1) is 18.1 Å². The molecule has 19 heavy (non-hydrogen) atoms. The molecule has 3 nitrogen and oxygen atoms in total. The fourth-order valence-corrected chi connectivity index (χ4v) is 3.17. The summed E-state index contributed by atoms with van der Waals surface area (Å²) in [5.41, 5.74) is -0.423. The van der Waals surface area contributed by atoms with Gasteiger partial charge < -0.3 is 15.3 Å². The first-order valence-electron chi connectivity index (χ1n) is 7.00. The molecule has 2 N–H and O–H groups in total. The van der Waals surface area contributed by atoms with Crippen LogP contribution in [0.4, 0.5) is 13.2 Å². The molecule has 2 unspecified atom stereocenters. The second-order valence-corrected chi connectivity index (χ2v) is 5.95. The summed E-state index contributed by atoms with van der Waals surface area (Å²) in [5, 5.41) is 12.8. The molecule has 0 aromatic rings. The molecule has 2 aliphatic rings. The van der Waals surface area contributed by atoms with E-state index in [1.807, 2.05) is 4.90 Å². The van der Waals surface area contributed by atoms with Gasteiger partial charge >= 0.3 is 6.18 Å². The molecule has 1 heterocycles. The van der Waals surface area contributed by atoms with E-state index in [-0.39, 0.29) is 19.6 Å². The topological polar surface area (TPSA) is 35.5 Å². The van der Waals surface area contributed by atoms with Crippen molar-refractivity contribution in [1.82, 2.24) is 10.2 Å². The van der Waals surface area contributed by atoms with Gasteiger partial charge in [-0.2, -0.15) is 13.2 Å². The third kappa shape index (κ3) is 3.41. The lowest BCUT2D eigenvalue weighted by Crippen LogP contribution is -2.58. The Balaban J connectivity index is 1.97. The van der Waals surface area contributed by atoms with Crippen LogP contribution in [0.3, 0.4) is 0 Å². The van der Waals surface area contributed by atoms with Crippen LogP contribution in [-0.4, -0.2) is 55.0 Å². The Hall–Kier alpha value is -0.330. The molecule has 0 spiro atoms. The lowest BCUT2D eigenvalue weighted by molar-refractivity contribution is -0.187. The SMILES string of the molecule is CNC(CO)(CN1CCCC(C(F)(F)F)C1)C1CC1. The van der Waals surface area contributed by atoms with Crippen molar-refractivity contribution < 1.29 is 18.3 Å². The first-order chi connectivity index (χ1) is 8.91. The minimum absolute atomic E-state index is 0.0125. The van der Waals surface area contributed by atoms with Crippen molar-refractivity contribution >= 4 is 0 Å². The average molecular weight is 280 g/mol. The molecule has 2 fully saturated rings. The van der Waals surface area contributed by atoms with Crippen LogP contribution in [0.2, 0.25) is 0 Å². The van der Waals surface area contributed by atoms with E-state index in [1.165, 1.54) is 0 Å². The van der Waals surface area contributed by atoms with Crippen LogP contribution in [-0.2, 0) is 0 Å². The third-order valence-corrected chi connectivity index (χ3v) is 4.61. The summed E-state index contributed by atoms with van der Waals surface area (Å²) in [6.07, 6.45) is -1.18. The van der Waals surface area contributed by atoms with E-state index < -0.39 is 17.6 Å². The number of hydrogen-bond acceptors (Lipinski definition) is 3. The Morgan fingerprint density at radius 2 is 1.89 bits per heavy atom. The van der Waals surface area contributed by atoms with Gasteiger partial charge in [0.1, 0.15) is 0 Å². The number of aliphatic hydroxyl groups excluding tert-OH is 1. The Kier molecular flexibility index (Phi) is 4.42. The van der Waals surface area contributed by atoms with E-state index in [1.54, 1.807) is 7.05 Å². The molecule has 2 rings (SSSR count). The maximum absolute atomic E-state index is 12.8. The van der Waals surface area contributed by atoms with Gasteiger partial charge in [-0.3, -0.25) is 0 Å². The Labute approximate surface area is 112 Å². The number of rotatable bonds is 5. The van der Waals surface area contributed by atoms with Crippen LogP contribution in [0, 0.1) is 11.8 Å². The third-order valence-electron chi connectivity index (χ3n) is 4.61. The lowest BCUT2D eigenvalue weighted by atomic mass is 9.90. The average Bonchev–Trinajstić information content (AvgIpc) is 3.20. The van der Waals surface area contributed by atoms with E-state index >= 15 is 0 Å². The number of alkyl halides is 3. The number of nitrogens with zero attached hydrogens (tertiary/aromatic N) is 1. The molecule has 6 heteroatoms. The quantitative estimate of drug-likeness (QED) is 0.803. The van der Waals surface area contributed by atoms with Crippen molar-refractivity contribution in [2.75, 3.05) is 33.3 Å². The Bertz CT molecular complexity index is 301. The largest absolute Gasteiger partial charge is 0.394 e. The van der Waals surface area contributed by atoms with Crippen molar-refractivity contribution in [3.05, 3.63) is 0 Å². The zero-order chi connectivity index (χ0) is 14.1. The van der Waals surface area contributed by atoms with Gasteiger partial charge in [0.2, 0.25) is 0 Å². The molecule has 1 aliphatic carbocycles. The van der Waals surface area contributed by atoms with Gasteiger partial charge in [-0.25, -0.2) is 0 Å². The summed E-state index contributed by atoms with van der Waals surface area (Å²) in [5.74, 6) is -0.817. The molecule has 0 bridgehead atoms. The fourth-order valence-electron chi connectivity index (χ4n) is 3.17. The first kappa shape index (κ1) is 15.1. The summed E-state index contributed by atoms with van der Waals surface area (Å²) in [7, 11) is 1.79. The molecule has 0 aromatic heterocycles. The van der Waals surface area contributed by atoms with Crippen LogP contribution < -0.4 is 5.32 Å². The second-order valence-electron chi connectivity index (χ2n) is 5.95. The van der Waals surface area contributed by atoms with E-state index in [9.17, 15) is 18.3 Å². The van der Waals surface area contributed by atoms with E-state index in [2.05, 4.69) is 5.32 Å². The highest BCUT2D eigenvalue weighted by Crippen LogP contribution is 2.41. The smallest absolute Gasteiger partial charge is 0.393 e. The van der Waals surface area contributed by atoms with Crippen LogP contribution in [0.5, 0.6) is 0 Å². The highest BCUT2D eigenvalue weighted by Gasteiger charge is 2.47. The van der Waals surface area contributed by atoms with Crippen molar-refractivity contribution in [2.24, 2.45) is 11.8 Å². The summed E-state index contributed by atoms with van der Waals surface area (Å²) in [6, 6.07) is 0. The minimum Gasteiger partial charge on any atom is -0.394 e. The van der Waals surface area contributed by atoms with Gasteiger partial charge in [0.25, 0.3) is 0 Å². The molecular formula is C13H23F3N2O. The standard InChI is InChI=1S/C13H23F3N2O/c1-17-12(9-19,10-4-5-10)8-18-6-2-3-11(7-18)13(14,15)16/h10-11,17,19H,2-9H2,1H3. The number of nitrogens with one attached hydrogen (secondary N) is 1. The lowest BCUT2D eigenvalue weighted by Gasteiger charge is -2.41. The number of hydrogen-bond donors (Lipinski definition) is 2. The zero-order valence-corrected chi connectivity index (χ0v) is 11.3. The summed E-state index contributed by atoms with van der Waals surface area (Å²) in [4.78, 5) is 1.87. The summed E-state index contributed by atoms with van der Waals surface area (Å²) < 4.78 is 38.4. The molecule has 0 radical (unpaired) electrons. The second kappa shape index (κ2) is 5.58. The maximum Gasteiger partial charge on any atom is 0.393 e. The van der Waals surface area contributed by atoms with Crippen LogP contribution in [0.25, 0.3) is 0 Å². The highest BCUT2D eigenvalue weighted by molar-refractivity contribution is 5.02. The fraction of sp³-hybridized carbons (Fsp3) is 1.00. The number of likely N-dealkylation sites (tertiary alicyclic amines) is 1. The van der Waals surface area contributed by atoms with Crippen LogP contribution >= 0.6 is 0 Å². The number of piperidine rings is 1. The summed E-state index contributed by atoms with van der Waals surface area (Å²) >= 11 is 0. The van der Waals surface area contributed by atoms with Gasteiger partial charge in [0, 0.05) is 13.1 Å². The predicted octanol–water partition coefficient (Wildman–Crippen LogP) is 1.62. The van der Waals surface area contributed by atoms with Crippen LogP contribution in [0.1, 0.15) is 25.7 Å². The normalized spacial score (nSPS) is 29.2. The van der Waals surface area contributed by atoms with Crippen molar-refractivity contribution in [3.63, 3.8) is 0 Å². The molecule has 1 aliphatic heterocycles. The van der Waals surface area contributed by atoms with E-state index in [0.717, 1.165) is 12.8 Å². The Morgan fingerprint density at radius 3 is 2.37 bits per heavy atom. The van der Waals surface area contributed by atoms with Gasteiger partial charge in [-0.1, -0.05) is 0 Å². The molecule has 1 saturated carbocycles.